The number of rotatable bonds is 6. The van der Waals surface area contributed by atoms with Gasteiger partial charge in [-0.15, -0.1) is 11.8 Å². The van der Waals surface area contributed by atoms with Crippen LogP contribution in [-0.4, -0.2) is 105 Å². The molecule has 0 aromatic heterocycles. The van der Waals surface area contributed by atoms with Gasteiger partial charge in [0.2, 0.25) is 11.8 Å². The Hall–Kier alpha value is -2.11. The SMILES string of the molecule is CC(O)[C@H]1C(=O)N2C(C(=O)O)=C(S[C@H]3C[C@@H](C(=O)N4CCNCC4)N(C=N)C3)[C@H](C)[C@H]12. The molecule has 4 N–H and O–H groups in total. The van der Waals surface area contributed by atoms with Crippen molar-refractivity contribution >= 4 is 35.9 Å². The van der Waals surface area contributed by atoms with E-state index in [2.05, 4.69) is 5.32 Å². The minimum Gasteiger partial charge on any atom is -0.477 e. The Morgan fingerprint density at radius 1 is 1.32 bits per heavy atom. The van der Waals surface area contributed by atoms with E-state index in [0.717, 1.165) is 13.1 Å². The van der Waals surface area contributed by atoms with Gasteiger partial charge in [-0.05, 0) is 13.3 Å². The summed E-state index contributed by atoms with van der Waals surface area (Å²) in [5.74, 6) is -2.28. The summed E-state index contributed by atoms with van der Waals surface area (Å²) in [6.45, 7) is 6.71. The fourth-order valence-corrected chi connectivity index (χ4v) is 6.78. The van der Waals surface area contributed by atoms with Gasteiger partial charge in [-0.25, -0.2) is 4.79 Å². The van der Waals surface area contributed by atoms with Gasteiger partial charge in [0.05, 0.1) is 24.4 Å². The molecule has 11 heteroatoms. The van der Waals surface area contributed by atoms with E-state index >= 15 is 0 Å². The largest absolute Gasteiger partial charge is 0.477 e. The number of thioether (sulfide) groups is 1. The van der Waals surface area contributed by atoms with Gasteiger partial charge < -0.3 is 30.2 Å². The molecule has 4 heterocycles. The molecular formula is C20H29N5O5S. The van der Waals surface area contributed by atoms with Crippen LogP contribution in [-0.2, 0) is 14.4 Å². The third-order valence-electron chi connectivity index (χ3n) is 6.79. The van der Waals surface area contributed by atoms with Crippen molar-refractivity contribution in [2.75, 3.05) is 32.7 Å². The number of carboxylic acids is 1. The van der Waals surface area contributed by atoms with Crippen LogP contribution in [0.25, 0.3) is 0 Å². The van der Waals surface area contributed by atoms with E-state index in [0.29, 0.717) is 31.0 Å². The number of nitrogens with one attached hydrogen (secondary N) is 2. The summed E-state index contributed by atoms with van der Waals surface area (Å²) in [5.41, 5.74) is 0.00249. The van der Waals surface area contributed by atoms with Crippen LogP contribution in [0.4, 0.5) is 0 Å². The van der Waals surface area contributed by atoms with E-state index in [9.17, 15) is 24.6 Å². The first kappa shape index (κ1) is 22.1. The van der Waals surface area contributed by atoms with Gasteiger partial charge in [-0.3, -0.25) is 15.0 Å². The number of piperazine rings is 1. The number of aliphatic hydroxyl groups is 1. The normalized spacial score (nSPS) is 34.0. The monoisotopic (exact) mass is 451 g/mol. The molecular weight excluding hydrogens is 422 g/mol. The zero-order chi connectivity index (χ0) is 22.4. The number of carbonyl (C=O) groups excluding carboxylic acids is 2. The van der Waals surface area contributed by atoms with Gasteiger partial charge in [0.25, 0.3) is 0 Å². The van der Waals surface area contributed by atoms with Gasteiger partial charge >= 0.3 is 5.97 Å². The summed E-state index contributed by atoms with van der Waals surface area (Å²) in [4.78, 5) is 43.0. The second kappa shape index (κ2) is 8.44. The summed E-state index contributed by atoms with van der Waals surface area (Å²) < 4.78 is 0. The predicted molar refractivity (Wildman–Crippen MR) is 114 cm³/mol. The minimum atomic E-state index is -1.15. The topological polar surface area (TPSA) is 137 Å². The smallest absolute Gasteiger partial charge is 0.353 e. The van der Waals surface area contributed by atoms with E-state index < -0.39 is 24.0 Å². The standard InChI is InChI=1S/C20H29N5O5S/c1-10-15-14(11(2)26)19(28)25(15)16(20(29)30)17(10)31-12-7-13(24(8-12)9-21)18(27)23-5-3-22-4-6-23/h9-15,21-22,26H,3-8H2,1-2H3,(H,29,30)/t10-,11?,12+,13+,14-,15-/m1/s1. The van der Waals surface area contributed by atoms with E-state index in [1.165, 1.54) is 23.0 Å². The van der Waals surface area contributed by atoms with Crippen LogP contribution in [0.3, 0.4) is 0 Å². The van der Waals surface area contributed by atoms with E-state index in [1.54, 1.807) is 11.8 Å². The minimum absolute atomic E-state index is 0.00249. The maximum atomic E-state index is 13.0. The summed E-state index contributed by atoms with van der Waals surface area (Å²) in [7, 11) is 0. The fraction of sp³-hybridized carbons (Fsp3) is 0.700. The Morgan fingerprint density at radius 3 is 2.58 bits per heavy atom. The lowest BCUT2D eigenvalue weighted by Gasteiger charge is -2.46. The molecule has 0 aromatic rings. The van der Waals surface area contributed by atoms with Crippen molar-refractivity contribution in [3.8, 4) is 0 Å². The number of aliphatic hydroxyl groups excluding tert-OH is 1. The first-order valence-corrected chi connectivity index (χ1v) is 11.5. The van der Waals surface area contributed by atoms with Crippen LogP contribution < -0.4 is 5.32 Å². The van der Waals surface area contributed by atoms with Crippen molar-refractivity contribution in [3.63, 3.8) is 0 Å². The van der Waals surface area contributed by atoms with Crippen LogP contribution in [0.2, 0.25) is 0 Å². The molecule has 6 atom stereocenters. The highest BCUT2D eigenvalue weighted by molar-refractivity contribution is 8.03. The summed E-state index contributed by atoms with van der Waals surface area (Å²) in [6, 6.07) is -0.776. The molecule has 170 valence electrons. The molecule has 4 aliphatic rings. The second-order valence-corrected chi connectivity index (χ2v) is 10.0. The van der Waals surface area contributed by atoms with Crippen molar-refractivity contribution in [2.45, 2.75) is 43.7 Å². The van der Waals surface area contributed by atoms with Gasteiger partial charge in [0.1, 0.15) is 11.7 Å². The van der Waals surface area contributed by atoms with E-state index in [-0.39, 0.29) is 34.7 Å². The Bertz CT molecular complexity index is 827. The summed E-state index contributed by atoms with van der Waals surface area (Å²) >= 11 is 1.40. The van der Waals surface area contributed by atoms with Crippen LogP contribution in [0.1, 0.15) is 20.3 Å². The molecule has 0 spiro atoms. The van der Waals surface area contributed by atoms with Crippen molar-refractivity contribution in [1.82, 2.24) is 20.0 Å². The van der Waals surface area contributed by atoms with E-state index in [1.807, 2.05) is 11.8 Å². The fourth-order valence-electron chi connectivity index (χ4n) is 5.25. The molecule has 4 rings (SSSR count). The lowest BCUT2D eigenvalue weighted by atomic mass is 9.79. The summed E-state index contributed by atoms with van der Waals surface area (Å²) in [5, 5.41) is 30.7. The van der Waals surface area contributed by atoms with Gasteiger partial charge in [0, 0.05) is 48.8 Å². The number of aliphatic carboxylic acids is 1. The zero-order valence-electron chi connectivity index (χ0n) is 17.7. The van der Waals surface area contributed by atoms with E-state index in [4.69, 9.17) is 5.41 Å². The van der Waals surface area contributed by atoms with Crippen LogP contribution >= 0.6 is 11.8 Å². The molecule has 0 aromatic carbocycles. The first-order chi connectivity index (χ1) is 14.8. The molecule has 1 unspecified atom stereocenters. The maximum Gasteiger partial charge on any atom is 0.353 e. The highest BCUT2D eigenvalue weighted by atomic mass is 32.2. The molecule has 3 fully saturated rings. The number of nitrogens with zero attached hydrogens (tertiary/aromatic N) is 3. The molecule has 0 bridgehead atoms. The third kappa shape index (κ3) is 3.62. The molecule has 3 saturated heterocycles. The third-order valence-corrected chi connectivity index (χ3v) is 8.28. The van der Waals surface area contributed by atoms with Gasteiger partial charge in [0.15, 0.2) is 0 Å². The maximum absolute atomic E-state index is 13.0. The Labute approximate surface area is 185 Å². The van der Waals surface area contributed by atoms with Crippen LogP contribution in [0.5, 0.6) is 0 Å². The van der Waals surface area contributed by atoms with Crippen LogP contribution in [0.15, 0.2) is 10.6 Å². The quantitative estimate of drug-likeness (QED) is 0.238. The number of carboxylic acid groups (broad SMARTS) is 1. The number of amides is 2. The highest BCUT2D eigenvalue weighted by Crippen LogP contribution is 2.52. The molecule has 0 saturated carbocycles. The zero-order valence-corrected chi connectivity index (χ0v) is 18.5. The van der Waals surface area contributed by atoms with Crippen molar-refractivity contribution in [1.29, 1.82) is 5.41 Å². The second-order valence-electron chi connectivity index (χ2n) is 8.66. The van der Waals surface area contributed by atoms with Crippen molar-refractivity contribution < 1.29 is 24.6 Å². The first-order valence-electron chi connectivity index (χ1n) is 10.7. The number of fused-ring (bicyclic) bond motifs is 1. The average molecular weight is 452 g/mol. The Morgan fingerprint density at radius 2 is 2.00 bits per heavy atom. The molecule has 0 aliphatic carbocycles. The molecule has 2 amide bonds. The predicted octanol–water partition coefficient (Wildman–Crippen LogP) is -0.645. The molecule has 4 aliphatic heterocycles. The number of likely N-dealkylation sites (tertiary alicyclic amines) is 1. The lowest BCUT2D eigenvalue weighted by Crippen LogP contribution is -2.63. The molecule has 0 radical (unpaired) electrons. The van der Waals surface area contributed by atoms with Crippen molar-refractivity contribution in [3.05, 3.63) is 10.6 Å². The molecule has 10 nitrogen and oxygen atoms in total. The molecule has 31 heavy (non-hydrogen) atoms. The van der Waals surface area contributed by atoms with Crippen LogP contribution in [0, 0.1) is 17.2 Å². The number of hydrogen-bond donors (Lipinski definition) is 4. The summed E-state index contributed by atoms with van der Waals surface area (Å²) in [6.07, 6.45) is 0.872. The Kier molecular flexibility index (Phi) is 6.01. The van der Waals surface area contributed by atoms with Gasteiger partial charge in [-0.1, -0.05) is 6.92 Å². The lowest BCUT2D eigenvalue weighted by molar-refractivity contribution is -0.163. The Balaban J connectivity index is 1.52. The highest BCUT2D eigenvalue weighted by Gasteiger charge is 2.60. The number of hydrogen-bond acceptors (Lipinski definition) is 7. The number of carbonyl (C=O) groups is 3. The van der Waals surface area contributed by atoms with Gasteiger partial charge in [-0.2, -0.15) is 0 Å². The number of β-lactam (4-membered cyclic amide) rings is 1. The average Bonchev–Trinajstić information content (AvgIpc) is 3.25. The van der Waals surface area contributed by atoms with Crippen molar-refractivity contribution in [2.24, 2.45) is 11.8 Å².